The van der Waals surface area contributed by atoms with Crippen molar-refractivity contribution in [3.63, 3.8) is 0 Å². The third-order valence-corrected chi connectivity index (χ3v) is 3.56. The second-order valence-electron chi connectivity index (χ2n) is 4.34. The number of rotatable bonds is 1. The molecule has 0 heterocycles. The zero-order valence-electron chi connectivity index (χ0n) is 13.1. The van der Waals surface area contributed by atoms with Gasteiger partial charge in [-0.05, 0) is 60.0 Å². The summed E-state index contributed by atoms with van der Waals surface area (Å²) in [5.41, 5.74) is 7.71. The van der Waals surface area contributed by atoms with Gasteiger partial charge in [0, 0.05) is 10.5 Å². The van der Waals surface area contributed by atoms with Crippen molar-refractivity contribution >= 4 is 23.1 Å². The fraction of sp³-hybridized carbons (Fsp3) is 0.357. The first-order valence-corrected chi connectivity index (χ1v) is 5.84. The molecule has 2 aliphatic rings. The molecule has 0 bridgehead atoms. The van der Waals surface area contributed by atoms with Crippen LogP contribution in [0, 0.1) is 5.92 Å². The molecule has 1 unspecified atom stereocenters. The van der Waals surface area contributed by atoms with Crippen LogP contribution in [0.5, 0.6) is 0 Å². The Kier molecular flexibility index (Phi) is 1.65. The van der Waals surface area contributed by atoms with E-state index in [-0.39, 0.29) is 12.0 Å². The summed E-state index contributed by atoms with van der Waals surface area (Å²) in [4.78, 5) is 11.7. The van der Waals surface area contributed by atoms with Gasteiger partial charge in [-0.15, -0.1) is 0 Å². The summed E-state index contributed by atoms with van der Waals surface area (Å²) in [5, 5.41) is 0.458. The molecular formula is C14H14ClNO. The van der Waals surface area contributed by atoms with Gasteiger partial charge >= 0.3 is 0 Å². The van der Waals surface area contributed by atoms with Gasteiger partial charge in [0.25, 0.3) is 0 Å². The molecule has 0 radical (unpaired) electrons. The number of allylic oxidation sites excluding steroid dienone is 1. The van der Waals surface area contributed by atoms with E-state index >= 15 is 0 Å². The number of halogens is 1. The average molecular weight is 252 g/mol. The molecule has 17 heavy (non-hydrogen) atoms. The molecule has 0 saturated carbocycles. The van der Waals surface area contributed by atoms with E-state index in [0.29, 0.717) is 22.6 Å². The molecule has 1 aromatic carbocycles. The lowest BCUT2D eigenvalue weighted by Gasteiger charge is -2.22. The standard InChI is InChI=1S/C14H14ClNO/c15-9-5-4-8-6-13-10(12(8)7-9)2-1-3-11(13)14(16)17/h4-5,7,11H,1-3,6H2,(H2,16,17)/i1D2,2D2. The van der Waals surface area contributed by atoms with E-state index < -0.39 is 24.6 Å². The lowest BCUT2D eigenvalue weighted by atomic mass is 9.82. The van der Waals surface area contributed by atoms with Gasteiger partial charge in [-0.1, -0.05) is 17.7 Å². The minimum atomic E-state index is -2.18. The molecule has 3 heteroatoms. The molecule has 1 amide bonds. The van der Waals surface area contributed by atoms with E-state index in [1.165, 1.54) is 0 Å². The van der Waals surface area contributed by atoms with Crippen molar-refractivity contribution in [1.29, 1.82) is 0 Å². The molecule has 0 fully saturated rings. The normalized spacial score (nSPS) is 31.7. The van der Waals surface area contributed by atoms with Crippen LogP contribution in [0.4, 0.5) is 0 Å². The highest BCUT2D eigenvalue weighted by Crippen LogP contribution is 2.44. The summed E-state index contributed by atoms with van der Waals surface area (Å²) in [6.45, 7) is 0. The second-order valence-corrected chi connectivity index (χ2v) is 4.78. The quantitative estimate of drug-likeness (QED) is 0.819. The van der Waals surface area contributed by atoms with E-state index in [9.17, 15) is 4.79 Å². The Labute approximate surface area is 111 Å². The molecule has 1 atom stereocenters. The van der Waals surface area contributed by atoms with Crippen molar-refractivity contribution in [3.05, 3.63) is 39.9 Å². The molecule has 2 nitrogen and oxygen atoms in total. The van der Waals surface area contributed by atoms with Crippen LogP contribution in [0.2, 0.25) is 5.02 Å². The van der Waals surface area contributed by atoms with Crippen LogP contribution in [0.1, 0.15) is 35.8 Å². The zero-order valence-corrected chi connectivity index (χ0v) is 9.84. The van der Waals surface area contributed by atoms with Crippen molar-refractivity contribution in [1.82, 2.24) is 0 Å². The van der Waals surface area contributed by atoms with E-state index in [2.05, 4.69) is 0 Å². The summed E-state index contributed by atoms with van der Waals surface area (Å²) in [6.07, 6.45) is -4.14. The van der Waals surface area contributed by atoms with E-state index in [0.717, 1.165) is 5.56 Å². The van der Waals surface area contributed by atoms with Crippen LogP contribution in [-0.2, 0) is 11.2 Å². The van der Waals surface area contributed by atoms with Gasteiger partial charge in [0.2, 0.25) is 5.91 Å². The van der Waals surface area contributed by atoms with Crippen molar-refractivity contribution in [3.8, 4) is 0 Å². The summed E-state index contributed by atoms with van der Waals surface area (Å²) < 4.78 is 32.5. The van der Waals surface area contributed by atoms with Crippen LogP contribution in [0.15, 0.2) is 23.8 Å². The Morgan fingerprint density at radius 3 is 3.12 bits per heavy atom. The predicted octanol–water partition coefficient (Wildman–Crippen LogP) is 2.94. The van der Waals surface area contributed by atoms with Crippen LogP contribution >= 0.6 is 11.6 Å². The molecule has 0 spiro atoms. The maximum atomic E-state index is 11.7. The highest BCUT2D eigenvalue weighted by Gasteiger charge is 2.32. The maximum absolute atomic E-state index is 11.7. The number of primary amides is 1. The summed E-state index contributed by atoms with van der Waals surface area (Å²) >= 11 is 5.99. The van der Waals surface area contributed by atoms with E-state index in [1.54, 1.807) is 18.2 Å². The Hall–Kier alpha value is -1.28. The molecule has 3 rings (SSSR count). The molecule has 0 aliphatic heterocycles. The Morgan fingerprint density at radius 2 is 2.35 bits per heavy atom. The largest absolute Gasteiger partial charge is 0.369 e. The average Bonchev–Trinajstić information content (AvgIpc) is 2.73. The smallest absolute Gasteiger partial charge is 0.224 e. The molecule has 0 saturated heterocycles. The summed E-state index contributed by atoms with van der Waals surface area (Å²) in [6, 6.07) is 5.14. The number of hydrogen-bond acceptors (Lipinski definition) is 1. The number of amides is 1. The lowest BCUT2D eigenvalue weighted by Crippen LogP contribution is -2.27. The minimum Gasteiger partial charge on any atom is -0.369 e. The Balaban J connectivity index is 2.27. The molecule has 0 aromatic heterocycles. The van der Waals surface area contributed by atoms with Gasteiger partial charge in [0.05, 0.1) is 5.92 Å². The fourth-order valence-electron chi connectivity index (χ4n) is 2.48. The number of carbonyl (C=O) groups excluding carboxylic acids is 1. The third-order valence-electron chi connectivity index (χ3n) is 3.33. The Bertz CT molecular complexity index is 684. The topological polar surface area (TPSA) is 43.1 Å². The van der Waals surface area contributed by atoms with Crippen LogP contribution < -0.4 is 5.73 Å². The first-order valence-electron chi connectivity index (χ1n) is 7.47. The van der Waals surface area contributed by atoms with E-state index in [4.69, 9.17) is 22.8 Å². The van der Waals surface area contributed by atoms with Crippen LogP contribution in [0.3, 0.4) is 0 Å². The van der Waals surface area contributed by atoms with Gasteiger partial charge in [-0.3, -0.25) is 4.79 Å². The number of hydrogen-bond donors (Lipinski definition) is 1. The number of fused-ring (bicyclic) bond motifs is 2. The minimum absolute atomic E-state index is 0.226. The van der Waals surface area contributed by atoms with Crippen LogP contribution in [-0.4, -0.2) is 5.91 Å². The lowest BCUT2D eigenvalue weighted by molar-refractivity contribution is -0.121. The Morgan fingerprint density at radius 1 is 1.53 bits per heavy atom. The van der Waals surface area contributed by atoms with Gasteiger partial charge in [-0.2, -0.15) is 0 Å². The number of benzene rings is 1. The van der Waals surface area contributed by atoms with Crippen molar-refractivity contribution in [2.75, 3.05) is 0 Å². The van der Waals surface area contributed by atoms with Crippen molar-refractivity contribution < 1.29 is 10.3 Å². The highest BCUT2D eigenvalue weighted by atomic mass is 35.5. The van der Waals surface area contributed by atoms with Gasteiger partial charge in [0.1, 0.15) is 0 Å². The van der Waals surface area contributed by atoms with Gasteiger partial charge in [-0.25, -0.2) is 0 Å². The fourth-order valence-corrected chi connectivity index (χ4v) is 2.66. The third kappa shape index (κ3) is 1.67. The number of carbonyl (C=O) groups is 1. The molecule has 1 aromatic rings. The molecule has 88 valence electrons. The first-order chi connectivity index (χ1) is 9.65. The maximum Gasteiger partial charge on any atom is 0.224 e. The summed E-state index contributed by atoms with van der Waals surface area (Å²) in [7, 11) is 0. The highest BCUT2D eigenvalue weighted by molar-refractivity contribution is 6.30. The molecular weight excluding hydrogens is 234 g/mol. The monoisotopic (exact) mass is 251 g/mol. The first kappa shape index (κ1) is 7.22. The SMILES string of the molecule is [2H]C1([2H])CC(C(N)=O)C2=C(c3cc(Cl)ccc3C2)C1([2H])[2H]. The van der Waals surface area contributed by atoms with E-state index in [1.807, 2.05) is 0 Å². The van der Waals surface area contributed by atoms with Crippen molar-refractivity contribution in [2.24, 2.45) is 11.7 Å². The predicted molar refractivity (Wildman–Crippen MR) is 68.6 cm³/mol. The van der Waals surface area contributed by atoms with Crippen molar-refractivity contribution in [2.45, 2.75) is 25.6 Å². The van der Waals surface area contributed by atoms with Gasteiger partial charge < -0.3 is 5.73 Å². The zero-order chi connectivity index (χ0) is 15.6. The van der Waals surface area contributed by atoms with Gasteiger partial charge in [0.15, 0.2) is 0 Å². The van der Waals surface area contributed by atoms with Crippen LogP contribution in [0.25, 0.3) is 5.57 Å². The summed E-state index contributed by atoms with van der Waals surface area (Å²) in [5.74, 6) is -1.38. The second kappa shape index (κ2) is 3.88. The number of nitrogens with two attached hydrogens (primary N) is 1. The molecule has 2 aliphatic carbocycles. The molecule has 2 N–H and O–H groups in total.